The van der Waals surface area contributed by atoms with Crippen LogP contribution in [-0.4, -0.2) is 47.4 Å². The van der Waals surface area contributed by atoms with Gasteiger partial charge < -0.3 is 25.0 Å². The summed E-state index contributed by atoms with van der Waals surface area (Å²) in [6, 6.07) is 14.5. The van der Waals surface area contributed by atoms with Gasteiger partial charge in [0.05, 0.1) is 17.1 Å². The van der Waals surface area contributed by atoms with E-state index in [1.165, 1.54) is 0 Å². The Morgan fingerprint density at radius 3 is 2.94 bits per heavy atom. The molecule has 6 rings (SSSR count). The first-order valence-corrected chi connectivity index (χ1v) is 10.1. The minimum atomic E-state index is -0.286. The van der Waals surface area contributed by atoms with Crippen LogP contribution in [0.5, 0.6) is 11.5 Å². The van der Waals surface area contributed by atoms with Crippen molar-refractivity contribution in [3.63, 3.8) is 0 Å². The molecule has 2 unspecified atom stereocenters. The quantitative estimate of drug-likeness (QED) is 0.603. The number of nitrogens with zero attached hydrogens (tertiary/aromatic N) is 2. The van der Waals surface area contributed by atoms with Crippen molar-refractivity contribution in [2.75, 3.05) is 23.6 Å². The molecule has 0 spiro atoms. The summed E-state index contributed by atoms with van der Waals surface area (Å²) in [5.41, 5.74) is 3.61. The maximum atomic E-state index is 12.8. The summed E-state index contributed by atoms with van der Waals surface area (Å²) >= 11 is 0. The first-order valence-electron chi connectivity index (χ1n) is 10.1. The molecule has 9 nitrogen and oxygen atoms in total. The summed E-state index contributed by atoms with van der Waals surface area (Å²) in [6.45, 7) is 0.777. The van der Waals surface area contributed by atoms with Gasteiger partial charge >= 0.3 is 0 Å². The number of carbonyl (C=O) groups excluding carboxylic acids is 2. The van der Waals surface area contributed by atoms with Crippen molar-refractivity contribution >= 4 is 23.2 Å². The Morgan fingerprint density at radius 1 is 1.13 bits per heavy atom. The van der Waals surface area contributed by atoms with E-state index in [1.54, 1.807) is 6.07 Å². The van der Waals surface area contributed by atoms with Gasteiger partial charge in [0.2, 0.25) is 12.7 Å². The van der Waals surface area contributed by atoms with E-state index in [4.69, 9.17) is 9.47 Å². The van der Waals surface area contributed by atoms with E-state index in [2.05, 4.69) is 25.7 Å². The molecule has 4 heterocycles. The van der Waals surface area contributed by atoms with Gasteiger partial charge in [-0.15, -0.1) is 0 Å². The highest BCUT2D eigenvalue weighted by atomic mass is 16.7. The molecule has 31 heavy (non-hydrogen) atoms. The Balaban J connectivity index is 1.17. The second-order valence-corrected chi connectivity index (χ2v) is 7.82. The molecule has 0 bridgehead atoms. The topological polar surface area (TPSA) is 109 Å². The number of aromatic nitrogens is 2. The monoisotopic (exact) mass is 417 g/mol. The Hall–Kier alpha value is -4.01. The zero-order chi connectivity index (χ0) is 20.9. The number of aromatic amines is 1. The highest BCUT2D eigenvalue weighted by Gasteiger charge is 2.41. The van der Waals surface area contributed by atoms with Gasteiger partial charge in [-0.25, -0.2) is 0 Å². The zero-order valence-corrected chi connectivity index (χ0v) is 16.4. The Labute approximate surface area is 177 Å². The summed E-state index contributed by atoms with van der Waals surface area (Å²) in [5, 5.41) is 13.1. The number of rotatable bonds is 3. The lowest BCUT2D eigenvalue weighted by Gasteiger charge is -2.32. The van der Waals surface area contributed by atoms with Gasteiger partial charge in [0.15, 0.2) is 11.5 Å². The fourth-order valence-corrected chi connectivity index (χ4v) is 4.41. The summed E-state index contributed by atoms with van der Waals surface area (Å²) in [7, 11) is 0. The van der Waals surface area contributed by atoms with Gasteiger partial charge in [-0.3, -0.25) is 14.7 Å². The number of ether oxygens (including phenoxy) is 2. The normalized spacial score (nSPS) is 20.8. The van der Waals surface area contributed by atoms with Gasteiger partial charge in [-0.2, -0.15) is 5.10 Å². The van der Waals surface area contributed by atoms with Gasteiger partial charge in [-0.05, 0) is 42.8 Å². The van der Waals surface area contributed by atoms with Crippen molar-refractivity contribution in [1.29, 1.82) is 0 Å². The number of nitrogens with one attached hydrogen (secondary N) is 3. The molecule has 3 aromatic rings. The number of carbonyl (C=O) groups is 2. The van der Waals surface area contributed by atoms with Crippen molar-refractivity contribution in [2.45, 2.75) is 18.5 Å². The van der Waals surface area contributed by atoms with Gasteiger partial charge in [0, 0.05) is 18.2 Å². The van der Waals surface area contributed by atoms with Crippen molar-refractivity contribution in [3.05, 3.63) is 54.2 Å². The third-order valence-corrected chi connectivity index (χ3v) is 5.90. The van der Waals surface area contributed by atoms with Crippen LogP contribution in [0.4, 0.5) is 11.4 Å². The molecule has 2 amide bonds. The Morgan fingerprint density at radius 2 is 2.00 bits per heavy atom. The summed E-state index contributed by atoms with van der Waals surface area (Å²) < 4.78 is 10.7. The molecule has 9 heteroatoms. The fourth-order valence-electron chi connectivity index (χ4n) is 4.41. The average molecular weight is 417 g/mol. The molecular formula is C22H19N5O4. The number of amides is 2. The number of fused-ring (bicyclic) bond motifs is 4. The second kappa shape index (κ2) is 6.76. The fraction of sp³-hybridized carbons (Fsp3) is 0.227. The van der Waals surface area contributed by atoms with Crippen molar-refractivity contribution < 1.29 is 19.1 Å². The molecule has 0 saturated carbocycles. The van der Waals surface area contributed by atoms with Crippen molar-refractivity contribution in [1.82, 2.24) is 15.5 Å². The van der Waals surface area contributed by atoms with Crippen molar-refractivity contribution in [2.24, 2.45) is 0 Å². The van der Waals surface area contributed by atoms with Crippen LogP contribution in [0.1, 0.15) is 16.9 Å². The van der Waals surface area contributed by atoms with Gasteiger partial charge in [0.1, 0.15) is 11.7 Å². The Bertz CT molecular complexity index is 1210. The zero-order valence-electron chi connectivity index (χ0n) is 16.4. The maximum Gasteiger partial charge on any atom is 0.269 e. The molecule has 3 aliphatic heterocycles. The van der Waals surface area contributed by atoms with E-state index in [0.29, 0.717) is 35.9 Å². The largest absolute Gasteiger partial charge is 0.454 e. The molecule has 3 N–H and O–H groups in total. The number of hydrogen-bond acceptors (Lipinski definition) is 6. The molecular weight excluding hydrogens is 398 g/mol. The van der Waals surface area contributed by atoms with Crippen LogP contribution in [0.25, 0.3) is 11.3 Å². The smallest absolute Gasteiger partial charge is 0.269 e. The van der Waals surface area contributed by atoms with E-state index in [1.807, 2.05) is 42.5 Å². The summed E-state index contributed by atoms with van der Waals surface area (Å²) in [6.07, 6.45) is 0.551. The van der Waals surface area contributed by atoms with E-state index < -0.39 is 0 Å². The van der Waals surface area contributed by atoms with Crippen LogP contribution in [0.15, 0.2) is 48.5 Å². The molecule has 3 aliphatic rings. The summed E-state index contributed by atoms with van der Waals surface area (Å²) in [5.74, 6) is 1.06. The number of anilines is 2. The van der Waals surface area contributed by atoms with Gasteiger partial charge in [0.25, 0.3) is 5.91 Å². The summed E-state index contributed by atoms with van der Waals surface area (Å²) in [4.78, 5) is 27.4. The lowest BCUT2D eigenvalue weighted by molar-refractivity contribution is -0.117. The van der Waals surface area contributed by atoms with Crippen molar-refractivity contribution in [3.8, 4) is 22.8 Å². The predicted molar refractivity (Wildman–Crippen MR) is 112 cm³/mol. The number of para-hydroxylation sites is 2. The molecule has 1 fully saturated rings. The minimum absolute atomic E-state index is 0.0397. The van der Waals surface area contributed by atoms with Gasteiger partial charge in [-0.1, -0.05) is 12.1 Å². The van der Waals surface area contributed by atoms with E-state index in [0.717, 1.165) is 16.9 Å². The third-order valence-electron chi connectivity index (χ3n) is 5.90. The lowest BCUT2D eigenvalue weighted by atomic mass is 10.1. The highest BCUT2D eigenvalue weighted by Crippen LogP contribution is 2.37. The van der Waals surface area contributed by atoms with Crippen LogP contribution < -0.4 is 25.0 Å². The standard InChI is InChI=1S/C22H19N5O4/c28-21(16-9-15(25-26-16)12-5-6-19-20(7-12)31-11-30-19)23-13-8-18-22(29)24-14-3-1-2-4-17(14)27(18)10-13/h1-7,9,13,18H,8,10-11H2,(H,23,28)(H,24,29)(H,25,26). The molecule has 1 aromatic heterocycles. The van der Waals surface area contributed by atoms with Crippen LogP contribution in [0, 0.1) is 0 Å². The predicted octanol–water partition coefficient (Wildman–Crippen LogP) is 2.13. The SMILES string of the molecule is O=C(NC1CC2C(=O)Nc3ccccc3N2C1)c1cc(-c2ccc3c(c2)OCO3)n[nH]1. The van der Waals surface area contributed by atoms with Crippen LogP contribution in [-0.2, 0) is 4.79 Å². The number of benzene rings is 2. The lowest BCUT2D eigenvalue weighted by Crippen LogP contribution is -2.44. The number of hydrogen-bond donors (Lipinski definition) is 3. The highest BCUT2D eigenvalue weighted by molar-refractivity contribution is 6.04. The molecule has 2 aromatic carbocycles. The Kier molecular flexibility index (Phi) is 3.89. The van der Waals surface area contributed by atoms with Crippen LogP contribution in [0.2, 0.25) is 0 Å². The van der Waals surface area contributed by atoms with Crippen LogP contribution in [0.3, 0.4) is 0 Å². The number of H-pyrrole nitrogens is 1. The molecule has 0 radical (unpaired) electrons. The van der Waals surface area contributed by atoms with E-state index in [-0.39, 0.29) is 30.7 Å². The third kappa shape index (κ3) is 2.97. The first kappa shape index (κ1) is 17.8. The molecule has 2 atom stereocenters. The van der Waals surface area contributed by atoms with E-state index in [9.17, 15) is 9.59 Å². The first-order chi connectivity index (χ1) is 15.2. The van der Waals surface area contributed by atoms with Crippen LogP contribution >= 0.6 is 0 Å². The van der Waals surface area contributed by atoms with E-state index >= 15 is 0 Å². The second-order valence-electron chi connectivity index (χ2n) is 7.82. The maximum absolute atomic E-state index is 12.8. The molecule has 156 valence electrons. The minimum Gasteiger partial charge on any atom is -0.454 e. The average Bonchev–Trinajstić information content (AvgIpc) is 3.52. The molecule has 1 saturated heterocycles. The molecule has 0 aliphatic carbocycles.